The van der Waals surface area contributed by atoms with Crippen molar-refractivity contribution in [2.45, 2.75) is 321 Å². The predicted octanol–water partition coefficient (Wildman–Crippen LogP) is 16.4. The molecule has 0 fully saturated rings. The Labute approximate surface area is 375 Å². The van der Waals surface area contributed by atoms with Gasteiger partial charge in [-0.25, -0.2) is 0 Å². The summed E-state index contributed by atoms with van der Waals surface area (Å²) in [5, 5.41) is 23.3. The third-order valence-corrected chi connectivity index (χ3v) is 12.9. The highest BCUT2D eigenvalue weighted by Gasteiger charge is 2.20. The lowest BCUT2D eigenvalue weighted by molar-refractivity contribution is -0.143. The second-order valence-corrected chi connectivity index (χ2v) is 18.9. The summed E-state index contributed by atoms with van der Waals surface area (Å²) in [5.41, 5.74) is 0. The van der Waals surface area contributed by atoms with E-state index in [1.54, 1.807) is 0 Å². The van der Waals surface area contributed by atoms with Crippen LogP contribution in [-0.2, 0) is 14.3 Å². The van der Waals surface area contributed by atoms with Crippen molar-refractivity contribution in [2.24, 2.45) is 0 Å². The molecule has 0 aromatic heterocycles. The fourth-order valence-electron chi connectivity index (χ4n) is 8.70. The van der Waals surface area contributed by atoms with Crippen molar-refractivity contribution < 1.29 is 24.5 Å². The number of esters is 1. The van der Waals surface area contributed by atoms with Gasteiger partial charge in [0.05, 0.1) is 25.4 Å². The highest BCUT2D eigenvalue weighted by Crippen LogP contribution is 2.17. The molecule has 0 heterocycles. The van der Waals surface area contributed by atoms with Crippen LogP contribution in [0.3, 0.4) is 0 Å². The summed E-state index contributed by atoms with van der Waals surface area (Å²) in [5.74, 6) is -0.0545. The van der Waals surface area contributed by atoms with Crippen LogP contribution < -0.4 is 5.32 Å². The fraction of sp³-hybridized carbons (Fsp3) is 0.963. The Hall–Kier alpha value is -1.14. The first-order chi connectivity index (χ1) is 29.5. The van der Waals surface area contributed by atoms with Crippen molar-refractivity contribution in [1.82, 2.24) is 5.32 Å². The quantitative estimate of drug-likeness (QED) is 0.0418. The monoisotopic (exact) mass is 850 g/mol. The van der Waals surface area contributed by atoms with E-state index in [0.29, 0.717) is 25.9 Å². The van der Waals surface area contributed by atoms with Gasteiger partial charge in [0.1, 0.15) is 0 Å². The summed E-state index contributed by atoms with van der Waals surface area (Å²) < 4.78 is 5.45. The van der Waals surface area contributed by atoms with Gasteiger partial charge in [0.25, 0.3) is 0 Å². The molecule has 0 aliphatic heterocycles. The Kier molecular flexibility index (Phi) is 49.5. The lowest BCUT2D eigenvalue weighted by Crippen LogP contribution is -2.45. The predicted molar refractivity (Wildman–Crippen MR) is 260 cm³/mol. The molecule has 6 heteroatoms. The Balaban J connectivity index is 3.45. The van der Waals surface area contributed by atoms with E-state index in [1.165, 1.54) is 218 Å². The first-order valence-electron chi connectivity index (χ1n) is 27.3. The smallest absolute Gasteiger partial charge is 0.305 e. The van der Waals surface area contributed by atoms with Gasteiger partial charge in [-0.1, -0.05) is 271 Å². The van der Waals surface area contributed by atoms with Crippen molar-refractivity contribution in [3.63, 3.8) is 0 Å². The number of hydrogen-bond acceptors (Lipinski definition) is 5. The molecule has 0 radical (unpaired) electrons. The highest BCUT2D eigenvalue weighted by molar-refractivity contribution is 5.76. The molecule has 0 spiro atoms. The van der Waals surface area contributed by atoms with Crippen molar-refractivity contribution in [3.05, 3.63) is 0 Å². The Morgan fingerprint density at radius 2 is 0.683 bits per heavy atom. The first kappa shape index (κ1) is 58.9. The molecule has 0 saturated heterocycles. The molecule has 0 aromatic rings. The van der Waals surface area contributed by atoms with Gasteiger partial charge in [-0.3, -0.25) is 9.59 Å². The summed E-state index contributed by atoms with van der Waals surface area (Å²) in [6.45, 7) is 4.94. The number of aliphatic hydroxyl groups excluding tert-OH is 2. The number of carbonyl (C=O) groups is 2. The molecule has 2 atom stereocenters. The zero-order valence-corrected chi connectivity index (χ0v) is 40.7. The van der Waals surface area contributed by atoms with Crippen LogP contribution in [0, 0.1) is 0 Å². The van der Waals surface area contributed by atoms with Crippen molar-refractivity contribution in [3.8, 4) is 0 Å². The van der Waals surface area contributed by atoms with E-state index < -0.39 is 12.1 Å². The molecule has 60 heavy (non-hydrogen) atoms. The average Bonchev–Trinajstić information content (AvgIpc) is 3.25. The van der Waals surface area contributed by atoms with Gasteiger partial charge < -0.3 is 20.3 Å². The zero-order valence-electron chi connectivity index (χ0n) is 40.7. The van der Waals surface area contributed by atoms with Crippen molar-refractivity contribution in [1.29, 1.82) is 0 Å². The molecule has 1 amide bonds. The van der Waals surface area contributed by atoms with E-state index in [1.807, 2.05) is 0 Å². The molecule has 2 unspecified atom stereocenters. The number of rotatable bonds is 51. The number of hydrogen-bond donors (Lipinski definition) is 3. The number of nitrogens with one attached hydrogen (secondary N) is 1. The molecule has 0 rings (SSSR count). The fourth-order valence-corrected chi connectivity index (χ4v) is 8.70. The lowest BCUT2D eigenvalue weighted by Gasteiger charge is -2.22. The maximum Gasteiger partial charge on any atom is 0.305 e. The summed E-state index contributed by atoms with van der Waals surface area (Å²) in [4.78, 5) is 24.5. The molecule has 358 valence electrons. The van der Waals surface area contributed by atoms with Crippen LogP contribution in [0.2, 0.25) is 0 Å². The molecule has 0 bridgehead atoms. The zero-order chi connectivity index (χ0) is 43.7. The van der Waals surface area contributed by atoms with Gasteiger partial charge in [0.2, 0.25) is 5.91 Å². The van der Waals surface area contributed by atoms with Gasteiger partial charge in [-0.2, -0.15) is 0 Å². The third-order valence-electron chi connectivity index (χ3n) is 12.9. The number of carbonyl (C=O) groups excluding carboxylic acids is 2. The summed E-state index contributed by atoms with van der Waals surface area (Å²) in [7, 11) is 0. The van der Waals surface area contributed by atoms with Crippen LogP contribution in [0.1, 0.15) is 309 Å². The van der Waals surface area contributed by atoms with Crippen molar-refractivity contribution >= 4 is 11.9 Å². The lowest BCUT2D eigenvalue weighted by atomic mass is 10.0. The minimum absolute atomic E-state index is 0.00745. The second-order valence-electron chi connectivity index (χ2n) is 18.9. The molecule has 6 nitrogen and oxygen atoms in total. The molecule has 0 aromatic carbocycles. The highest BCUT2D eigenvalue weighted by atomic mass is 16.5. The van der Waals surface area contributed by atoms with Crippen LogP contribution in [0.25, 0.3) is 0 Å². The molecule has 0 aliphatic rings. The molecule has 3 N–H and O–H groups in total. The number of ether oxygens (including phenoxy) is 1. The van der Waals surface area contributed by atoms with Gasteiger partial charge in [0, 0.05) is 12.8 Å². The second kappa shape index (κ2) is 50.5. The van der Waals surface area contributed by atoms with Crippen LogP contribution in [0.4, 0.5) is 0 Å². The Morgan fingerprint density at radius 1 is 0.400 bits per heavy atom. The topological polar surface area (TPSA) is 95.9 Å². The largest absolute Gasteiger partial charge is 0.466 e. The standard InChI is InChI=1S/C54H107NO5/c1-3-5-7-9-11-13-15-17-18-19-20-21-22-23-26-30-34-38-42-46-52(57)51(50-56)55-53(58)47-43-39-35-31-27-24-25-29-33-37-41-45-49-60-54(59)48-44-40-36-32-28-16-14-12-10-8-6-4-2/h51-52,56-57H,3-50H2,1-2H3,(H,55,58). The van der Waals surface area contributed by atoms with E-state index in [4.69, 9.17) is 4.74 Å². The molecule has 0 aliphatic carbocycles. The van der Waals surface area contributed by atoms with E-state index >= 15 is 0 Å². The summed E-state index contributed by atoms with van der Waals surface area (Å²) in [6, 6.07) is -0.552. The Bertz CT molecular complexity index is 852. The number of unbranched alkanes of at least 4 members (excludes halogenated alkanes) is 40. The van der Waals surface area contributed by atoms with Crippen LogP contribution in [0.15, 0.2) is 0 Å². The van der Waals surface area contributed by atoms with Crippen LogP contribution in [-0.4, -0.2) is 47.4 Å². The molecular weight excluding hydrogens is 743 g/mol. The maximum atomic E-state index is 12.5. The van der Waals surface area contributed by atoms with Gasteiger partial charge in [-0.05, 0) is 25.7 Å². The first-order valence-corrected chi connectivity index (χ1v) is 27.3. The maximum absolute atomic E-state index is 12.5. The average molecular weight is 850 g/mol. The third kappa shape index (κ3) is 46.4. The van der Waals surface area contributed by atoms with E-state index in [0.717, 1.165) is 57.8 Å². The van der Waals surface area contributed by atoms with E-state index in [9.17, 15) is 19.8 Å². The number of amides is 1. The summed E-state index contributed by atoms with van der Waals surface area (Å²) >= 11 is 0. The molecular formula is C54H107NO5. The van der Waals surface area contributed by atoms with Crippen LogP contribution >= 0.6 is 0 Å². The molecule has 0 saturated carbocycles. The number of aliphatic hydroxyl groups is 2. The van der Waals surface area contributed by atoms with Crippen LogP contribution in [0.5, 0.6) is 0 Å². The van der Waals surface area contributed by atoms with Crippen molar-refractivity contribution in [2.75, 3.05) is 13.2 Å². The van der Waals surface area contributed by atoms with Gasteiger partial charge in [0.15, 0.2) is 0 Å². The minimum Gasteiger partial charge on any atom is -0.466 e. The van der Waals surface area contributed by atoms with E-state index in [2.05, 4.69) is 19.2 Å². The van der Waals surface area contributed by atoms with Gasteiger partial charge in [-0.15, -0.1) is 0 Å². The normalized spacial score (nSPS) is 12.5. The van der Waals surface area contributed by atoms with Gasteiger partial charge >= 0.3 is 5.97 Å². The SMILES string of the molecule is CCCCCCCCCCCCCCCCCCCCCC(O)C(CO)NC(=O)CCCCCCCCCCCCCCOC(=O)CCCCCCCCCCCCCC. The summed E-state index contributed by atoms with van der Waals surface area (Å²) in [6.07, 6.45) is 56.4. The van der Waals surface area contributed by atoms with E-state index in [-0.39, 0.29) is 18.5 Å². The minimum atomic E-state index is -0.673. The Morgan fingerprint density at radius 3 is 1.02 bits per heavy atom.